The molecule has 1 unspecified atom stereocenters. The van der Waals surface area contributed by atoms with E-state index in [4.69, 9.17) is 4.84 Å². The van der Waals surface area contributed by atoms with Crippen molar-refractivity contribution in [2.45, 2.75) is 69.8 Å². The summed E-state index contributed by atoms with van der Waals surface area (Å²) in [6.07, 6.45) is 10.9. The molecule has 1 amide bonds. The number of nitrogens with zero attached hydrogens (tertiary/aromatic N) is 1. The second-order valence-electron chi connectivity index (χ2n) is 9.31. The molecule has 6 heteroatoms. The fraction of sp³-hybridized carbons (Fsp3) is 0.640. The summed E-state index contributed by atoms with van der Waals surface area (Å²) in [5, 5.41) is 21.7. The SMILES string of the molecule is C=C1C(=CC=C2CCC[C@]3(C)C([C@H](C)SCC(=O)N(C)OC)=CCC23)C[C@@H](O)C[C@@H]1O. The fourth-order valence-electron chi connectivity index (χ4n) is 5.43. The largest absolute Gasteiger partial charge is 0.393 e. The summed E-state index contributed by atoms with van der Waals surface area (Å²) in [7, 11) is 3.15. The quantitative estimate of drug-likeness (QED) is 0.472. The molecule has 0 aromatic rings. The Morgan fingerprint density at radius 3 is 2.90 bits per heavy atom. The lowest BCUT2D eigenvalue weighted by Crippen LogP contribution is -2.34. The number of hydrogen-bond acceptors (Lipinski definition) is 5. The van der Waals surface area contributed by atoms with E-state index in [0.29, 0.717) is 24.5 Å². The molecule has 0 aromatic heterocycles. The molecule has 0 radical (unpaired) electrons. The molecule has 0 heterocycles. The highest BCUT2D eigenvalue weighted by Crippen LogP contribution is 2.56. The van der Waals surface area contributed by atoms with E-state index in [0.717, 1.165) is 30.4 Å². The molecular weight excluding hydrogens is 410 g/mol. The molecule has 0 spiro atoms. The molecule has 3 rings (SSSR count). The average Bonchev–Trinajstić information content (AvgIpc) is 3.10. The van der Waals surface area contributed by atoms with Crippen molar-refractivity contribution in [1.82, 2.24) is 5.06 Å². The highest BCUT2D eigenvalue weighted by molar-refractivity contribution is 8.00. The zero-order chi connectivity index (χ0) is 22.8. The Hall–Kier alpha value is -1.34. The second-order valence-corrected chi connectivity index (χ2v) is 10.6. The Morgan fingerprint density at radius 1 is 1.45 bits per heavy atom. The first-order chi connectivity index (χ1) is 14.7. The number of hydroxylamine groups is 2. The highest BCUT2D eigenvalue weighted by atomic mass is 32.2. The summed E-state index contributed by atoms with van der Waals surface area (Å²) in [6, 6.07) is 0. The van der Waals surface area contributed by atoms with E-state index in [9.17, 15) is 15.0 Å². The Morgan fingerprint density at radius 2 is 2.19 bits per heavy atom. The molecule has 2 fully saturated rings. The Kier molecular flexibility index (Phi) is 7.90. The van der Waals surface area contributed by atoms with E-state index in [1.165, 1.54) is 29.7 Å². The van der Waals surface area contributed by atoms with Gasteiger partial charge < -0.3 is 10.2 Å². The van der Waals surface area contributed by atoms with Gasteiger partial charge in [0.2, 0.25) is 0 Å². The number of amides is 1. The molecule has 2 saturated carbocycles. The van der Waals surface area contributed by atoms with Crippen LogP contribution in [0.2, 0.25) is 0 Å². The van der Waals surface area contributed by atoms with Crippen LogP contribution >= 0.6 is 11.8 Å². The van der Waals surface area contributed by atoms with E-state index in [-0.39, 0.29) is 16.6 Å². The van der Waals surface area contributed by atoms with Crippen LogP contribution in [0.15, 0.2) is 47.1 Å². The highest BCUT2D eigenvalue weighted by Gasteiger charge is 2.46. The number of carbonyl (C=O) groups excluding carboxylic acids is 1. The molecule has 2 N–H and O–H groups in total. The normalized spacial score (nSPS) is 34.6. The Balaban J connectivity index is 1.71. The van der Waals surface area contributed by atoms with Crippen LogP contribution in [0, 0.1) is 11.3 Å². The summed E-state index contributed by atoms with van der Waals surface area (Å²) >= 11 is 1.68. The van der Waals surface area contributed by atoms with Gasteiger partial charge in [0, 0.05) is 18.7 Å². The van der Waals surface area contributed by atoms with E-state index < -0.39 is 12.2 Å². The molecule has 3 aliphatic rings. The van der Waals surface area contributed by atoms with Crippen LogP contribution in [-0.4, -0.2) is 58.6 Å². The summed E-state index contributed by atoms with van der Waals surface area (Å²) in [5.74, 6) is 0.860. The predicted octanol–water partition coefficient (Wildman–Crippen LogP) is 4.19. The van der Waals surface area contributed by atoms with E-state index >= 15 is 0 Å². The van der Waals surface area contributed by atoms with Crippen LogP contribution in [-0.2, 0) is 9.63 Å². The summed E-state index contributed by atoms with van der Waals surface area (Å²) < 4.78 is 0. The summed E-state index contributed by atoms with van der Waals surface area (Å²) in [6.45, 7) is 8.62. The van der Waals surface area contributed by atoms with Gasteiger partial charge in [0.1, 0.15) is 0 Å². The van der Waals surface area contributed by atoms with Crippen LogP contribution in [0.5, 0.6) is 0 Å². The van der Waals surface area contributed by atoms with Gasteiger partial charge in [-0.1, -0.05) is 42.9 Å². The third-order valence-corrected chi connectivity index (χ3v) is 8.56. The average molecular weight is 448 g/mol. The molecule has 31 heavy (non-hydrogen) atoms. The van der Waals surface area contributed by atoms with E-state index in [1.54, 1.807) is 18.8 Å². The lowest BCUT2D eigenvalue weighted by atomic mass is 9.64. The predicted molar refractivity (Wildman–Crippen MR) is 126 cm³/mol. The minimum absolute atomic E-state index is 0.0207. The summed E-state index contributed by atoms with van der Waals surface area (Å²) in [5.41, 5.74) is 4.72. The lowest BCUT2D eigenvalue weighted by Gasteiger charge is -2.42. The topological polar surface area (TPSA) is 70.0 Å². The molecule has 0 bridgehead atoms. The van der Waals surface area contributed by atoms with Crippen molar-refractivity contribution in [2.24, 2.45) is 11.3 Å². The van der Waals surface area contributed by atoms with Crippen molar-refractivity contribution >= 4 is 17.7 Å². The fourth-order valence-corrected chi connectivity index (χ4v) is 6.55. The molecule has 5 atom stereocenters. The van der Waals surface area contributed by atoms with E-state index in [1.807, 2.05) is 0 Å². The van der Waals surface area contributed by atoms with Gasteiger partial charge in [-0.05, 0) is 61.5 Å². The van der Waals surface area contributed by atoms with Crippen LogP contribution < -0.4 is 0 Å². The van der Waals surface area contributed by atoms with Crippen LogP contribution in [0.4, 0.5) is 0 Å². The number of rotatable bonds is 6. The van der Waals surface area contributed by atoms with Crippen molar-refractivity contribution in [3.8, 4) is 0 Å². The van der Waals surface area contributed by atoms with Gasteiger partial charge in [-0.25, -0.2) is 5.06 Å². The molecule has 5 nitrogen and oxygen atoms in total. The van der Waals surface area contributed by atoms with Gasteiger partial charge in [-0.15, -0.1) is 11.8 Å². The molecule has 172 valence electrons. The van der Waals surface area contributed by atoms with Gasteiger partial charge in [-0.3, -0.25) is 9.63 Å². The minimum Gasteiger partial charge on any atom is -0.393 e. The lowest BCUT2D eigenvalue weighted by molar-refractivity contribution is -0.165. The first-order valence-corrected chi connectivity index (χ1v) is 12.3. The zero-order valence-electron chi connectivity index (χ0n) is 19.3. The maximum Gasteiger partial charge on any atom is 0.255 e. The van der Waals surface area contributed by atoms with Crippen LogP contribution in [0.3, 0.4) is 0 Å². The third kappa shape index (κ3) is 5.19. The van der Waals surface area contributed by atoms with Crippen LogP contribution in [0.25, 0.3) is 0 Å². The Bertz CT molecular complexity index is 801. The van der Waals surface area contributed by atoms with Crippen molar-refractivity contribution < 1.29 is 19.8 Å². The maximum absolute atomic E-state index is 12.1. The number of hydrogen-bond donors (Lipinski definition) is 2. The van der Waals surface area contributed by atoms with Gasteiger partial charge in [0.05, 0.1) is 25.1 Å². The number of carbonyl (C=O) groups is 1. The monoisotopic (exact) mass is 447 g/mol. The molecule has 0 aromatic carbocycles. The van der Waals surface area contributed by atoms with Crippen LogP contribution in [0.1, 0.15) is 52.4 Å². The second kappa shape index (κ2) is 10.1. The van der Waals surface area contributed by atoms with Crippen molar-refractivity contribution in [1.29, 1.82) is 0 Å². The standard InChI is InChI=1S/C25H37NO4S/c1-16-19(13-20(27)14-23(16)28)9-8-18-7-6-12-25(3)21(10-11-22(18)25)17(2)31-15-24(29)26(4)30-5/h8-10,17,20,22-23,27-28H,1,6-7,11-15H2,2-5H3/t17-,20+,22?,23-,25+/m0/s1. The maximum atomic E-state index is 12.1. The molecule has 3 aliphatic carbocycles. The third-order valence-electron chi connectivity index (χ3n) is 7.40. The number of allylic oxidation sites excluding steroid dienone is 4. The number of fused-ring (bicyclic) bond motifs is 1. The first-order valence-electron chi connectivity index (χ1n) is 11.2. The molecule has 0 aliphatic heterocycles. The number of thioether (sulfide) groups is 1. The summed E-state index contributed by atoms with van der Waals surface area (Å²) in [4.78, 5) is 17.1. The minimum atomic E-state index is -0.650. The van der Waals surface area contributed by atoms with E-state index in [2.05, 4.69) is 38.7 Å². The Labute approximate surface area is 190 Å². The molecular formula is C25H37NO4S. The zero-order valence-corrected chi connectivity index (χ0v) is 20.1. The first kappa shape index (κ1) is 24.3. The number of aliphatic hydroxyl groups excluding tert-OH is 2. The van der Waals surface area contributed by atoms with Gasteiger partial charge >= 0.3 is 0 Å². The van der Waals surface area contributed by atoms with Crippen molar-refractivity contribution in [3.63, 3.8) is 0 Å². The smallest absolute Gasteiger partial charge is 0.255 e. The van der Waals surface area contributed by atoms with Gasteiger partial charge in [0.25, 0.3) is 5.91 Å². The van der Waals surface area contributed by atoms with Crippen molar-refractivity contribution in [3.05, 3.63) is 47.1 Å². The van der Waals surface area contributed by atoms with Crippen molar-refractivity contribution in [2.75, 3.05) is 19.9 Å². The van der Waals surface area contributed by atoms with Gasteiger partial charge in [0.15, 0.2) is 0 Å². The number of aliphatic hydroxyl groups is 2. The molecule has 0 saturated heterocycles. The van der Waals surface area contributed by atoms with Gasteiger partial charge in [-0.2, -0.15) is 0 Å².